The smallest absolute Gasteiger partial charge is 0.251 e. The van der Waals surface area contributed by atoms with E-state index in [0.717, 1.165) is 0 Å². The van der Waals surface area contributed by atoms with Gasteiger partial charge >= 0.3 is 0 Å². The lowest BCUT2D eigenvalue weighted by Crippen LogP contribution is -2.32. The monoisotopic (exact) mass is 219 g/mol. The van der Waals surface area contributed by atoms with E-state index in [2.05, 4.69) is 11.2 Å². The van der Waals surface area contributed by atoms with Gasteiger partial charge < -0.3 is 15.5 Å². The second-order valence-corrected chi connectivity index (χ2v) is 3.49. The number of carbonyl (C=O) groups is 1. The molecule has 0 saturated heterocycles. The normalized spacial score (nSPS) is 11.5. The molecule has 0 aliphatic heterocycles. The van der Waals surface area contributed by atoms with Gasteiger partial charge in [-0.05, 0) is 25.1 Å². The van der Waals surface area contributed by atoms with Crippen molar-refractivity contribution in [3.8, 4) is 23.8 Å². The molecule has 0 aliphatic rings. The molecule has 0 aromatic heterocycles. The summed E-state index contributed by atoms with van der Waals surface area (Å²) < 4.78 is 0. The van der Waals surface area contributed by atoms with E-state index in [1.54, 1.807) is 6.92 Å². The SMILES string of the molecule is C#CCC(C)NC(=O)c1ccc(O)c(O)c1. The van der Waals surface area contributed by atoms with E-state index in [4.69, 9.17) is 11.5 Å². The Morgan fingerprint density at radius 2 is 2.19 bits per heavy atom. The van der Waals surface area contributed by atoms with Crippen molar-refractivity contribution >= 4 is 5.91 Å². The van der Waals surface area contributed by atoms with Crippen LogP contribution in [0.5, 0.6) is 11.5 Å². The van der Waals surface area contributed by atoms with Crippen molar-refractivity contribution in [3.63, 3.8) is 0 Å². The van der Waals surface area contributed by atoms with Crippen LogP contribution in [-0.2, 0) is 0 Å². The molecule has 0 aliphatic carbocycles. The van der Waals surface area contributed by atoms with Crippen molar-refractivity contribution in [2.75, 3.05) is 0 Å². The highest BCUT2D eigenvalue weighted by atomic mass is 16.3. The zero-order valence-corrected chi connectivity index (χ0v) is 8.90. The van der Waals surface area contributed by atoms with Crippen LogP contribution in [0.1, 0.15) is 23.7 Å². The number of amides is 1. The average Bonchev–Trinajstić information content (AvgIpc) is 2.22. The van der Waals surface area contributed by atoms with Gasteiger partial charge in [-0.1, -0.05) is 0 Å². The number of carbonyl (C=O) groups excluding carboxylic acids is 1. The maximum absolute atomic E-state index is 11.6. The minimum Gasteiger partial charge on any atom is -0.504 e. The van der Waals surface area contributed by atoms with E-state index in [9.17, 15) is 9.90 Å². The van der Waals surface area contributed by atoms with Gasteiger partial charge in [0.05, 0.1) is 0 Å². The van der Waals surface area contributed by atoms with Gasteiger partial charge in [0, 0.05) is 18.0 Å². The van der Waals surface area contributed by atoms with Crippen molar-refractivity contribution in [2.24, 2.45) is 0 Å². The fourth-order valence-corrected chi connectivity index (χ4v) is 1.20. The van der Waals surface area contributed by atoms with Gasteiger partial charge in [-0.25, -0.2) is 0 Å². The minimum absolute atomic E-state index is 0.131. The molecule has 0 radical (unpaired) electrons. The molecule has 84 valence electrons. The summed E-state index contributed by atoms with van der Waals surface area (Å²) in [6, 6.07) is 3.75. The summed E-state index contributed by atoms with van der Waals surface area (Å²) in [7, 11) is 0. The molecule has 1 unspecified atom stereocenters. The Morgan fingerprint density at radius 1 is 1.50 bits per heavy atom. The maximum Gasteiger partial charge on any atom is 0.251 e. The first-order chi connectivity index (χ1) is 7.54. The number of terminal acetylenes is 1. The van der Waals surface area contributed by atoms with Gasteiger partial charge in [-0.15, -0.1) is 12.3 Å². The molecule has 1 amide bonds. The summed E-state index contributed by atoms with van der Waals surface area (Å²) in [5.74, 6) is 1.53. The second-order valence-electron chi connectivity index (χ2n) is 3.49. The third-order valence-electron chi connectivity index (χ3n) is 2.04. The highest BCUT2D eigenvalue weighted by Crippen LogP contribution is 2.24. The summed E-state index contributed by atoms with van der Waals surface area (Å²) in [5.41, 5.74) is 0.277. The van der Waals surface area contributed by atoms with Crippen molar-refractivity contribution in [1.82, 2.24) is 5.32 Å². The van der Waals surface area contributed by atoms with Gasteiger partial charge in [0.25, 0.3) is 5.91 Å². The quantitative estimate of drug-likeness (QED) is 0.529. The molecule has 16 heavy (non-hydrogen) atoms. The van der Waals surface area contributed by atoms with Crippen molar-refractivity contribution in [1.29, 1.82) is 0 Å². The van der Waals surface area contributed by atoms with Crippen molar-refractivity contribution in [3.05, 3.63) is 23.8 Å². The highest BCUT2D eigenvalue weighted by Gasteiger charge is 2.10. The predicted molar refractivity (Wildman–Crippen MR) is 60.1 cm³/mol. The van der Waals surface area contributed by atoms with Gasteiger partial charge in [-0.2, -0.15) is 0 Å². The Labute approximate surface area is 93.9 Å². The molecule has 0 bridgehead atoms. The standard InChI is InChI=1S/C12H13NO3/c1-3-4-8(2)13-12(16)9-5-6-10(14)11(15)7-9/h1,5-8,14-15H,4H2,2H3,(H,13,16). The van der Waals surface area contributed by atoms with Crippen LogP contribution in [0.4, 0.5) is 0 Å². The summed E-state index contributed by atoms with van der Waals surface area (Å²) in [4.78, 5) is 11.6. The zero-order chi connectivity index (χ0) is 12.1. The zero-order valence-electron chi connectivity index (χ0n) is 8.90. The Kier molecular flexibility index (Phi) is 3.78. The molecule has 0 fully saturated rings. The van der Waals surface area contributed by atoms with Crippen LogP contribution in [0.3, 0.4) is 0 Å². The lowest BCUT2D eigenvalue weighted by molar-refractivity contribution is 0.0940. The first-order valence-electron chi connectivity index (χ1n) is 4.81. The van der Waals surface area contributed by atoms with Crippen LogP contribution >= 0.6 is 0 Å². The molecule has 1 aromatic rings. The number of hydrogen-bond acceptors (Lipinski definition) is 3. The molecule has 0 spiro atoms. The van der Waals surface area contributed by atoms with Gasteiger partial charge in [0.1, 0.15) is 0 Å². The van der Waals surface area contributed by atoms with Gasteiger partial charge in [-0.3, -0.25) is 4.79 Å². The third-order valence-corrected chi connectivity index (χ3v) is 2.04. The number of aromatic hydroxyl groups is 2. The Balaban J connectivity index is 2.74. The van der Waals surface area contributed by atoms with Crippen LogP contribution in [0.25, 0.3) is 0 Å². The van der Waals surface area contributed by atoms with Crippen LogP contribution in [0.2, 0.25) is 0 Å². The topological polar surface area (TPSA) is 69.6 Å². The largest absolute Gasteiger partial charge is 0.504 e. The second kappa shape index (κ2) is 5.08. The summed E-state index contributed by atoms with van der Waals surface area (Å²) in [5, 5.41) is 21.0. The molecule has 1 rings (SSSR count). The van der Waals surface area contributed by atoms with E-state index in [1.165, 1.54) is 18.2 Å². The number of benzene rings is 1. The molecular weight excluding hydrogens is 206 g/mol. The summed E-state index contributed by atoms with van der Waals surface area (Å²) in [6.07, 6.45) is 5.55. The number of phenols is 2. The number of nitrogens with one attached hydrogen (secondary N) is 1. The molecule has 3 N–H and O–H groups in total. The lowest BCUT2D eigenvalue weighted by atomic mass is 10.1. The Bertz CT molecular complexity index is 434. The van der Waals surface area contributed by atoms with E-state index in [-0.39, 0.29) is 29.0 Å². The first kappa shape index (κ1) is 11.9. The molecule has 0 heterocycles. The molecule has 4 nitrogen and oxygen atoms in total. The number of phenolic OH excluding ortho intramolecular Hbond substituents is 2. The van der Waals surface area contributed by atoms with E-state index in [1.807, 2.05) is 0 Å². The lowest BCUT2D eigenvalue weighted by Gasteiger charge is -2.11. The van der Waals surface area contributed by atoms with Gasteiger partial charge in [0.2, 0.25) is 0 Å². The van der Waals surface area contributed by atoms with Crippen LogP contribution in [0.15, 0.2) is 18.2 Å². The molecule has 1 atom stereocenters. The van der Waals surface area contributed by atoms with E-state index in [0.29, 0.717) is 6.42 Å². The van der Waals surface area contributed by atoms with Crippen molar-refractivity contribution in [2.45, 2.75) is 19.4 Å². The predicted octanol–water partition coefficient (Wildman–Crippen LogP) is 1.24. The highest BCUT2D eigenvalue weighted by molar-refractivity contribution is 5.95. The Morgan fingerprint density at radius 3 is 2.75 bits per heavy atom. The number of hydrogen-bond donors (Lipinski definition) is 3. The molecule has 4 heteroatoms. The maximum atomic E-state index is 11.6. The molecule has 0 saturated carbocycles. The fourth-order valence-electron chi connectivity index (χ4n) is 1.20. The number of rotatable bonds is 3. The molecule has 1 aromatic carbocycles. The molecular formula is C12H13NO3. The van der Waals surface area contributed by atoms with Crippen LogP contribution < -0.4 is 5.32 Å². The fraction of sp³-hybridized carbons (Fsp3) is 0.250. The summed E-state index contributed by atoms with van der Waals surface area (Å²) in [6.45, 7) is 1.79. The van der Waals surface area contributed by atoms with E-state index < -0.39 is 0 Å². The Hall–Kier alpha value is -2.15. The van der Waals surface area contributed by atoms with E-state index >= 15 is 0 Å². The average molecular weight is 219 g/mol. The minimum atomic E-state index is -0.335. The van der Waals surface area contributed by atoms with Crippen LogP contribution in [0, 0.1) is 12.3 Å². The van der Waals surface area contributed by atoms with Gasteiger partial charge in [0.15, 0.2) is 11.5 Å². The first-order valence-corrected chi connectivity index (χ1v) is 4.81. The van der Waals surface area contributed by atoms with Crippen molar-refractivity contribution < 1.29 is 15.0 Å². The summed E-state index contributed by atoms with van der Waals surface area (Å²) >= 11 is 0. The van der Waals surface area contributed by atoms with Crippen LogP contribution in [-0.4, -0.2) is 22.2 Å². The third kappa shape index (κ3) is 2.92.